The molecule has 0 spiro atoms. The minimum atomic E-state index is -5.30. The van der Waals surface area contributed by atoms with Crippen LogP contribution in [0.25, 0.3) is 11.2 Å². The molecule has 15 nitrogen and oxygen atoms in total. The van der Waals surface area contributed by atoms with Gasteiger partial charge in [-0.3, -0.25) is 13.9 Å². The molecule has 3 rings (SSSR count). The summed E-state index contributed by atoms with van der Waals surface area (Å²) in [6, 6.07) is 0. The summed E-state index contributed by atoms with van der Waals surface area (Å²) in [6.45, 7) is -0.844. The SMILES string of the molecule is O=c1[nH]cnc2c1ncn2C1OC(COP(=O)(O)OP(=O)(O)O)C(O)C1O.[Na].[Na].[Na]. The zero-order chi connectivity index (χ0) is 20.0. The fourth-order valence-electron chi connectivity index (χ4n) is 2.47. The second-order valence-corrected chi connectivity index (χ2v) is 8.27. The Labute approximate surface area is 234 Å². The van der Waals surface area contributed by atoms with Crippen molar-refractivity contribution in [2.75, 3.05) is 6.61 Å². The van der Waals surface area contributed by atoms with Gasteiger partial charge in [-0.1, -0.05) is 0 Å². The van der Waals surface area contributed by atoms with E-state index in [-0.39, 0.29) is 99.8 Å². The molecule has 0 amide bonds. The maximum Gasteiger partial charge on any atom is 0.481 e. The zero-order valence-electron chi connectivity index (χ0n) is 16.1. The van der Waals surface area contributed by atoms with E-state index in [9.17, 15) is 29.0 Å². The van der Waals surface area contributed by atoms with Crippen LogP contribution >= 0.6 is 15.6 Å². The van der Waals surface area contributed by atoms with Crippen molar-refractivity contribution in [1.82, 2.24) is 19.5 Å². The Morgan fingerprint density at radius 2 is 1.77 bits per heavy atom. The summed E-state index contributed by atoms with van der Waals surface area (Å²) < 4.78 is 36.6. The Hall–Kier alpha value is 1.49. The van der Waals surface area contributed by atoms with E-state index in [2.05, 4.69) is 23.8 Å². The molecule has 1 fully saturated rings. The fraction of sp³-hybridized carbons (Fsp3) is 0.500. The number of phosphoric ester groups is 1. The molecule has 5 atom stereocenters. The van der Waals surface area contributed by atoms with Gasteiger partial charge in [0.2, 0.25) is 0 Å². The van der Waals surface area contributed by atoms with E-state index >= 15 is 0 Å². The van der Waals surface area contributed by atoms with Crippen LogP contribution in [-0.4, -0.2) is 158 Å². The van der Waals surface area contributed by atoms with Crippen LogP contribution in [-0.2, 0) is 22.7 Å². The van der Waals surface area contributed by atoms with Crippen molar-refractivity contribution < 1.29 is 47.6 Å². The summed E-state index contributed by atoms with van der Waals surface area (Å²) in [4.78, 5) is 48.0. The van der Waals surface area contributed by atoms with Crippen LogP contribution in [0.15, 0.2) is 17.4 Å². The fourth-order valence-corrected chi connectivity index (χ4v) is 4.07. The summed E-state index contributed by atoms with van der Waals surface area (Å²) in [7, 11) is -10.5. The number of nitrogens with one attached hydrogen (secondary N) is 1. The smallest absolute Gasteiger partial charge is 0.387 e. The van der Waals surface area contributed by atoms with Crippen LogP contribution in [0.3, 0.4) is 0 Å². The summed E-state index contributed by atoms with van der Waals surface area (Å²) in [6.07, 6.45) is -3.56. The number of phosphoric acid groups is 2. The molecular weight excluding hydrogens is 483 g/mol. The Kier molecular flexibility index (Phi) is 12.9. The van der Waals surface area contributed by atoms with Crippen LogP contribution in [0.1, 0.15) is 6.23 Å². The molecule has 0 saturated carbocycles. The molecule has 1 aliphatic heterocycles. The number of fused-ring (bicyclic) bond motifs is 1. The van der Waals surface area contributed by atoms with E-state index in [1.54, 1.807) is 0 Å². The third-order valence-electron chi connectivity index (χ3n) is 3.59. The number of aliphatic hydroxyl groups excluding tert-OH is 2. The Balaban J connectivity index is 0.00000280. The number of hydrogen-bond acceptors (Lipinski definition) is 10. The first kappa shape index (κ1) is 31.5. The number of aliphatic hydroxyl groups is 2. The van der Waals surface area contributed by atoms with Gasteiger partial charge in [-0.25, -0.2) is 19.1 Å². The number of aromatic nitrogens is 4. The maximum atomic E-state index is 11.7. The molecule has 30 heavy (non-hydrogen) atoms. The largest absolute Gasteiger partial charge is 0.481 e. The van der Waals surface area contributed by atoms with Crippen molar-refractivity contribution in [3.05, 3.63) is 23.0 Å². The van der Waals surface area contributed by atoms with Crippen LogP contribution < -0.4 is 5.56 Å². The molecule has 153 valence electrons. The van der Waals surface area contributed by atoms with E-state index in [0.717, 1.165) is 12.7 Å². The van der Waals surface area contributed by atoms with Gasteiger partial charge in [-0.05, 0) is 0 Å². The first-order valence-electron chi connectivity index (χ1n) is 7.14. The van der Waals surface area contributed by atoms with Gasteiger partial charge in [-0.2, -0.15) is 4.31 Å². The first-order chi connectivity index (χ1) is 12.5. The molecule has 2 aromatic heterocycles. The molecule has 2 aromatic rings. The third-order valence-corrected chi connectivity index (χ3v) is 5.74. The molecule has 1 aliphatic rings. The van der Waals surface area contributed by atoms with E-state index in [1.165, 1.54) is 4.57 Å². The molecule has 5 unspecified atom stereocenters. The van der Waals surface area contributed by atoms with Crippen LogP contribution in [0, 0.1) is 0 Å². The van der Waals surface area contributed by atoms with Gasteiger partial charge in [0.05, 0.1) is 19.3 Å². The van der Waals surface area contributed by atoms with Crippen LogP contribution in [0.4, 0.5) is 0 Å². The Morgan fingerprint density at radius 1 is 1.13 bits per heavy atom. The molecule has 3 radical (unpaired) electrons. The van der Waals surface area contributed by atoms with Crippen LogP contribution in [0.5, 0.6) is 0 Å². The summed E-state index contributed by atoms with van der Waals surface area (Å²) >= 11 is 0. The third kappa shape index (κ3) is 7.50. The van der Waals surface area contributed by atoms with Gasteiger partial charge in [-0.15, -0.1) is 0 Å². The molecule has 0 aromatic carbocycles. The van der Waals surface area contributed by atoms with Crippen molar-refractivity contribution in [2.45, 2.75) is 24.5 Å². The van der Waals surface area contributed by atoms with Crippen molar-refractivity contribution in [3.8, 4) is 0 Å². The molecular formula is C10H14N4Na3O11P2. The minimum absolute atomic E-state index is 0. The normalized spacial score (nSPS) is 25.6. The zero-order valence-corrected chi connectivity index (χ0v) is 23.9. The van der Waals surface area contributed by atoms with Gasteiger partial charge in [0.15, 0.2) is 17.4 Å². The molecule has 0 bridgehead atoms. The van der Waals surface area contributed by atoms with Gasteiger partial charge >= 0.3 is 15.6 Å². The monoisotopic (exact) mass is 497 g/mol. The van der Waals surface area contributed by atoms with Crippen LogP contribution in [0.2, 0.25) is 0 Å². The van der Waals surface area contributed by atoms with E-state index < -0.39 is 52.4 Å². The topological polar surface area (TPSA) is 227 Å². The number of imidazole rings is 1. The predicted octanol–water partition coefficient (Wildman–Crippen LogP) is -3.18. The number of hydrogen-bond donors (Lipinski definition) is 6. The predicted molar refractivity (Wildman–Crippen MR) is 100 cm³/mol. The van der Waals surface area contributed by atoms with Gasteiger partial charge < -0.3 is 34.6 Å². The van der Waals surface area contributed by atoms with Gasteiger partial charge in [0, 0.05) is 88.7 Å². The average molecular weight is 497 g/mol. The Morgan fingerprint density at radius 3 is 2.37 bits per heavy atom. The Bertz CT molecular complexity index is 999. The maximum absolute atomic E-state index is 11.7. The summed E-state index contributed by atoms with van der Waals surface area (Å²) in [5, 5.41) is 20.2. The summed E-state index contributed by atoms with van der Waals surface area (Å²) in [5.41, 5.74) is -0.533. The van der Waals surface area contributed by atoms with Crippen molar-refractivity contribution >= 4 is 115 Å². The molecule has 1 saturated heterocycles. The number of aromatic amines is 1. The number of H-pyrrole nitrogens is 1. The minimum Gasteiger partial charge on any atom is -0.387 e. The van der Waals surface area contributed by atoms with Crippen molar-refractivity contribution in [3.63, 3.8) is 0 Å². The van der Waals surface area contributed by atoms with Gasteiger partial charge in [0.1, 0.15) is 18.3 Å². The number of nitrogens with zero attached hydrogens (tertiary/aromatic N) is 3. The van der Waals surface area contributed by atoms with Crippen molar-refractivity contribution in [2.24, 2.45) is 0 Å². The van der Waals surface area contributed by atoms with E-state index in [4.69, 9.17) is 14.5 Å². The number of ether oxygens (including phenoxy) is 1. The second-order valence-electron chi connectivity index (χ2n) is 5.44. The second kappa shape index (κ2) is 12.3. The molecule has 20 heteroatoms. The first-order valence-corrected chi connectivity index (χ1v) is 10.2. The molecule has 6 N–H and O–H groups in total. The van der Waals surface area contributed by atoms with Crippen molar-refractivity contribution in [1.29, 1.82) is 0 Å². The standard InChI is InChI=1S/C10H14N4O11P2.3Na/c15-6-4(1-23-27(21,22)25-26(18,19)20)24-10(7(6)16)14-3-13-5-8(14)11-2-12-9(5)17;;;/h2-4,6-7,10,15-16H,1H2,(H,21,22)(H,11,12,17)(H2,18,19,20);;;. The molecule has 0 aliphatic carbocycles. The summed E-state index contributed by atoms with van der Waals surface area (Å²) in [5.74, 6) is 0. The average Bonchev–Trinajstić information content (AvgIpc) is 3.07. The van der Waals surface area contributed by atoms with E-state index in [0.29, 0.717) is 0 Å². The van der Waals surface area contributed by atoms with Gasteiger partial charge in [0.25, 0.3) is 5.56 Å². The molecule has 3 heterocycles. The quantitative estimate of drug-likeness (QED) is 0.171. The van der Waals surface area contributed by atoms with E-state index in [1.807, 2.05) is 0 Å². The number of rotatable bonds is 6.